The minimum absolute atomic E-state index is 0.0929. The third kappa shape index (κ3) is 4.08. The van der Waals surface area contributed by atoms with E-state index in [4.69, 9.17) is 4.42 Å². The standard InChI is InChI=1S/C14H23N3O2/c1-11(13-4-3-9-19-13)16-12-5-7-17(8-6-12)10-14(18)15-2/h3-4,9,11-12,16H,5-8,10H2,1-2H3,(H,15,18). The van der Waals surface area contributed by atoms with Crippen LogP contribution in [0.1, 0.15) is 31.6 Å². The minimum atomic E-state index is 0.0929. The first-order valence-electron chi connectivity index (χ1n) is 6.91. The molecular weight excluding hydrogens is 242 g/mol. The molecule has 1 aromatic rings. The Morgan fingerprint density at radius 3 is 2.84 bits per heavy atom. The van der Waals surface area contributed by atoms with Crippen LogP contribution in [0.25, 0.3) is 0 Å². The maximum atomic E-state index is 11.3. The van der Waals surface area contributed by atoms with Crippen molar-refractivity contribution in [2.45, 2.75) is 31.8 Å². The summed E-state index contributed by atoms with van der Waals surface area (Å²) in [6, 6.07) is 4.66. The number of hydrogen-bond donors (Lipinski definition) is 2. The zero-order valence-electron chi connectivity index (χ0n) is 11.7. The van der Waals surface area contributed by atoms with Gasteiger partial charge in [-0.3, -0.25) is 9.69 Å². The Morgan fingerprint density at radius 2 is 2.26 bits per heavy atom. The van der Waals surface area contributed by atoms with Crippen molar-refractivity contribution < 1.29 is 9.21 Å². The molecular formula is C14H23N3O2. The average molecular weight is 265 g/mol. The van der Waals surface area contributed by atoms with E-state index in [9.17, 15) is 4.79 Å². The Balaban J connectivity index is 1.73. The lowest BCUT2D eigenvalue weighted by Gasteiger charge is -2.33. The van der Waals surface area contributed by atoms with Gasteiger partial charge in [0, 0.05) is 26.2 Å². The molecule has 2 rings (SSSR count). The Labute approximate surface area is 114 Å². The van der Waals surface area contributed by atoms with Gasteiger partial charge in [0.25, 0.3) is 0 Å². The fraction of sp³-hybridized carbons (Fsp3) is 0.643. The van der Waals surface area contributed by atoms with Crippen molar-refractivity contribution in [3.05, 3.63) is 24.2 Å². The summed E-state index contributed by atoms with van der Waals surface area (Å²) >= 11 is 0. The number of furan rings is 1. The molecule has 1 aromatic heterocycles. The minimum Gasteiger partial charge on any atom is -0.468 e. The maximum Gasteiger partial charge on any atom is 0.233 e. The first-order valence-corrected chi connectivity index (χ1v) is 6.91. The van der Waals surface area contributed by atoms with Gasteiger partial charge in [0.15, 0.2) is 0 Å². The summed E-state index contributed by atoms with van der Waals surface area (Å²) in [6.45, 7) is 4.57. The molecule has 2 N–H and O–H groups in total. The second-order valence-corrected chi connectivity index (χ2v) is 5.13. The smallest absolute Gasteiger partial charge is 0.233 e. The van der Waals surface area contributed by atoms with E-state index in [1.54, 1.807) is 13.3 Å². The third-order valence-corrected chi connectivity index (χ3v) is 3.69. The summed E-state index contributed by atoms with van der Waals surface area (Å²) in [5.41, 5.74) is 0. The summed E-state index contributed by atoms with van der Waals surface area (Å²) in [6.07, 6.45) is 3.85. The molecule has 1 fully saturated rings. The quantitative estimate of drug-likeness (QED) is 0.838. The number of piperidine rings is 1. The summed E-state index contributed by atoms with van der Waals surface area (Å²) in [7, 11) is 1.68. The highest BCUT2D eigenvalue weighted by Gasteiger charge is 2.22. The lowest BCUT2D eigenvalue weighted by molar-refractivity contribution is -0.122. The molecule has 5 nitrogen and oxygen atoms in total. The van der Waals surface area contributed by atoms with Gasteiger partial charge in [-0.05, 0) is 31.9 Å². The third-order valence-electron chi connectivity index (χ3n) is 3.69. The molecule has 1 amide bonds. The summed E-state index contributed by atoms with van der Waals surface area (Å²) < 4.78 is 5.40. The fourth-order valence-corrected chi connectivity index (χ4v) is 2.51. The van der Waals surface area contributed by atoms with Crippen molar-refractivity contribution >= 4 is 5.91 Å². The molecule has 0 spiro atoms. The van der Waals surface area contributed by atoms with Crippen LogP contribution in [0.2, 0.25) is 0 Å². The largest absolute Gasteiger partial charge is 0.468 e. The van der Waals surface area contributed by atoms with Crippen molar-refractivity contribution in [1.82, 2.24) is 15.5 Å². The van der Waals surface area contributed by atoms with Crippen LogP contribution >= 0.6 is 0 Å². The van der Waals surface area contributed by atoms with Gasteiger partial charge in [-0.1, -0.05) is 0 Å². The van der Waals surface area contributed by atoms with Crippen LogP contribution in [0.15, 0.2) is 22.8 Å². The SMILES string of the molecule is CNC(=O)CN1CCC(NC(C)c2ccco2)CC1. The van der Waals surface area contributed by atoms with Gasteiger partial charge in [-0.25, -0.2) is 0 Å². The van der Waals surface area contributed by atoms with Crippen molar-refractivity contribution in [3.8, 4) is 0 Å². The predicted molar refractivity (Wildman–Crippen MR) is 73.8 cm³/mol. The summed E-state index contributed by atoms with van der Waals surface area (Å²) in [5, 5.41) is 6.25. The number of carbonyl (C=O) groups is 1. The molecule has 106 valence electrons. The Kier molecular flexibility index (Phi) is 4.99. The van der Waals surface area contributed by atoms with Crippen LogP contribution in [0.4, 0.5) is 0 Å². The molecule has 1 atom stereocenters. The predicted octanol–water partition coefficient (Wildman–Crippen LogP) is 1.14. The van der Waals surface area contributed by atoms with Crippen LogP contribution in [-0.2, 0) is 4.79 Å². The van der Waals surface area contributed by atoms with Crippen molar-refractivity contribution in [1.29, 1.82) is 0 Å². The van der Waals surface area contributed by atoms with Crippen LogP contribution in [0.3, 0.4) is 0 Å². The Morgan fingerprint density at radius 1 is 1.53 bits per heavy atom. The molecule has 2 heterocycles. The number of likely N-dealkylation sites (tertiary alicyclic amines) is 1. The molecule has 1 aliphatic rings. The number of hydrogen-bond acceptors (Lipinski definition) is 4. The van der Waals surface area contributed by atoms with Gasteiger partial charge >= 0.3 is 0 Å². The lowest BCUT2D eigenvalue weighted by atomic mass is 10.0. The average Bonchev–Trinajstić information content (AvgIpc) is 2.95. The van der Waals surface area contributed by atoms with E-state index in [1.165, 1.54) is 0 Å². The number of likely N-dealkylation sites (N-methyl/N-ethyl adjacent to an activating group) is 1. The molecule has 19 heavy (non-hydrogen) atoms. The molecule has 1 aliphatic heterocycles. The summed E-state index contributed by atoms with van der Waals surface area (Å²) in [5.74, 6) is 1.07. The normalized spacial score (nSPS) is 19.3. The summed E-state index contributed by atoms with van der Waals surface area (Å²) in [4.78, 5) is 13.5. The second kappa shape index (κ2) is 6.73. The topological polar surface area (TPSA) is 57.5 Å². The van der Waals surface area contributed by atoms with E-state index in [0.29, 0.717) is 12.6 Å². The second-order valence-electron chi connectivity index (χ2n) is 5.13. The van der Waals surface area contributed by atoms with Gasteiger partial charge in [0.05, 0.1) is 18.8 Å². The number of carbonyl (C=O) groups excluding carboxylic acids is 1. The van der Waals surface area contributed by atoms with E-state index in [2.05, 4.69) is 22.5 Å². The highest BCUT2D eigenvalue weighted by Crippen LogP contribution is 2.17. The van der Waals surface area contributed by atoms with Gasteiger partial charge < -0.3 is 15.1 Å². The van der Waals surface area contributed by atoms with Gasteiger partial charge in [0.2, 0.25) is 5.91 Å². The highest BCUT2D eigenvalue weighted by atomic mass is 16.3. The Hall–Kier alpha value is -1.33. The van der Waals surface area contributed by atoms with E-state index in [0.717, 1.165) is 31.7 Å². The molecule has 1 unspecified atom stereocenters. The van der Waals surface area contributed by atoms with Crippen LogP contribution in [0, 0.1) is 0 Å². The number of nitrogens with one attached hydrogen (secondary N) is 2. The van der Waals surface area contributed by atoms with Gasteiger partial charge in [-0.2, -0.15) is 0 Å². The molecule has 5 heteroatoms. The van der Waals surface area contributed by atoms with E-state index >= 15 is 0 Å². The molecule has 0 radical (unpaired) electrons. The van der Waals surface area contributed by atoms with Crippen LogP contribution < -0.4 is 10.6 Å². The maximum absolute atomic E-state index is 11.3. The zero-order chi connectivity index (χ0) is 13.7. The van der Waals surface area contributed by atoms with E-state index in [1.807, 2.05) is 12.1 Å². The monoisotopic (exact) mass is 265 g/mol. The van der Waals surface area contributed by atoms with Gasteiger partial charge in [-0.15, -0.1) is 0 Å². The molecule has 0 aliphatic carbocycles. The van der Waals surface area contributed by atoms with E-state index < -0.39 is 0 Å². The molecule has 0 aromatic carbocycles. The van der Waals surface area contributed by atoms with Crippen LogP contribution in [-0.4, -0.2) is 43.5 Å². The number of nitrogens with zero attached hydrogens (tertiary/aromatic N) is 1. The van der Waals surface area contributed by atoms with Crippen LogP contribution in [0.5, 0.6) is 0 Å². The first kappa shape index (κ1) is 14.1. The fourth-order valence-electron chi connectivity index (χ4n) is 2.51. The lowest BCUT2D eigenvalue weighted by Crippen LogP contribution is -2.46. The van der Waals surface area contributed by atoms with E-state index in [-0.39, 0.29) is 11.9 Å². The zero-order valence-corrected chi connectivity index (χ0v) is 11.7. The molecule has 1 saturated heterocycles. The number of amides is 1. The molecule has 0 bridgehead atoms. The first-order chi connectivity index (χ1) is 9.19. The Bertz CT molecular complexity index is 383. The molecule has 0 saturated carbocycles. The van der Waals surface area contributed by atoms with Crippen molar-refractivity contribution in [2.24, 2.45) is 0 Å². The highest BCUT2D eigenvalue weighted by molar-refractivity contribution is 5.77. The number of rotatable bonds is 5. The van der Waals surface area contributed by atoms with Crippen molar-refractivity contribution in [2.75, 3.05) is 26.7 Å². The van der Waals surface area contributed by atoms with Crippen molar-refractivity contribution in [3.63, 3.8) is 0 Å². The van der Waals surface area contributed by atoms with Gasteiger partial charge in [0.1, 0.15) is 5.76 Å².